The molecule has 2 rings (SSSR count). The second-order valence-corrected chi connectivity index (χ2v) is 6.89. The van der Waals surface area contributed by atoms with Gasteiger partial charge in [-0.2, -0.15) is 0 Å². The maximum atomic E-state index is 12.2. The first-order chi connectivity index (χ1) is 12.0. The van der Waals surface area contributed by atoms with E-state index in [9.17, 15) is 4.79 Å². The fourth-order valence-corrected chi connectivity index (χ4v) is 3.18. The lowest BCUT2D eigenvalue weighted by atomic mass is 10.1. The molecule has 1 aromatic carbocycles. The van der Waals surface area contributed by atoms with Crippen LogP contribution in [0.2, 0.25) is 0 Å². The molecule has 6 heteroatoms. The average molecular weight is 349 g/mol. The number of methoxy groups -OCH3 is 1. The number of amides is 2. The van der Waals surface area contributed by atoms with Gasteiger partial charge in [0, 0.05) is 45.1 Å². The number of carbonyl (C=O) groups is 1. The summed E-state index contributed by atoms with van der Waals surface area (Å²) < 4.78 is 10.8. The van der Waals surface area contributed by atoms with Crippen LogP contribution in [0.25, 0.3) is 0 Å². The summed E-state index contributed by atoms with van der Waals surface area (Å²) in [6, 6.07) is 7.84. The van der Waals surface area contributed by atoms with Crippen LogP contribution >= 0.6 is 0 Å². The second-order valence-electron chi connectivity index (χ2n) is 6.89. The lowest BCUT2D eigenvalue weighted by Gasteiger charge is -2.35. The van der Waals surface area contributed by atoms with Gasteiger partial charge in [0.2, 0.25) is 0 Å². The van der Waals surface area contributed by atoms with E-state index in [2.05, 4.69) is 35.4 Å². The molecule has 0 saturated carbocycles. The fourth-order valence-electron chi connectivity index (χ4n) is 3.18. The number of nitrogens with one attached hydrogen (secondary N) is 2. The molecule has 0 unspecified atom stereocenters. The van der Waals surface area contributed by atoms with Gasteiger partial charge in [0.25, 0.3) is 0 Å². The van der Waals surface area contributed by atoms with E-state index in [1.54, 1.807) is 7.11 Å². The molecule has 2 N–H and O–H groups in total. The number of carbonyl (C=O) groups excluding carboxylic acids is 1. The minimum Gasteiger partial charge on any atom is -0.385 e. The number of anilines is 1. The van der Waals surface area contributed by atoms with Crippen molar-refractivity contribution in [3.05, 3.63) is 29.8 Å². The molecule has 0 bridgehead atoms. The first kappa shape index (κ1) is 19.7. The number of hydrogen-bond acceptors (Lipinski definition) is 4. The number of urea groups is 1. The molecular formula is C19H31N3O3. The number of rotatable bonds is 7. The predicted octanol–water partition coefficient (Wildman–Crippen LogP) is 2.84. The van der Waals surface area contributed by atoms with Crippen molar-refractivity contribution in [2.24, 2.45) is 0 Å². The van der Waals surface area contributed by atoms with Gasteiger partial charge in [0.1, 0.15) is 0 Å². The van der Waals surface area contributed by atoms with E-state index in [1.165, 1.54) is 0 Å². The molecular weight excluding hydrogens is 318 g/mol. The highest BCUT2D eigenvalue weighted by Crippen LogP contribution is 2.20. The Morgan fingerprint density at radius 3 is 2.68 bits per heavy atom. The summed E-state index contributed by atoms with van der Waals surface area (Å²) in [7, 11) is 1.66. The molecule has 1 aliphatic heterocycles. The molecule has 0 spiro atoms. The summed E-state index contributed by atoms with van der Waals surface area (Å²) in [4.78, 5) is 14.6. The minimum absolute atomic E-state index is 0.0630. The average Bonchev–Trinajstić information content (AvgIpc) is 2.53. The number of ether oxygens (including phenoxy) is 2. The van der Waals surface area contributed by atoms with Gasteiger partial charge >= 0.3 is 6.03 Å². The van der Waals surface area contributed by atoms with Crippen LogP contribution in [0, 0.1) is 0 Å². The van der Waals surface area contributed by atoms with E-state index >= 15 is 0 Å². The standard InChI is InChI=1S/C19H31N3O3/c1-14(9-10-24-4)20-19(23)21-18-8-6-5-7-17(18)13-22-11-15(2)25-16(3)12-22/h5-8,14-16H,9-13H2,1-4H3,(H2,20,21,23)/t14-,15-,16+/m1/s1. The number of nitrogens with zero attached hydrogens (tertiary/aromatic N) is 1. The smallest absolute Gasteiger partial charge is 0.319 e. The first-order valence-corrected chi connectivity index (χ1v) is 9.00. The molecule has 1 aromatic rings. The molecule has 140 valence electrons. The molecule has 25 heavy (non-hydrogen) atoms. The molecule has 0 aliphatic carbocycles. The SMILES string of the molecule is COCC[C@@H](C)NC(=O)Nc1ccccc1CN1C[C@@H](C)O[C@@H](C)C1. The van der Waals surface area contributed by atoms with Crippen molar-refractivity contribution in [3.8, 4) is 0 Å². The van der Waals surface area contributed by atoms with Crippen LogP contribution in [-0.4, -0.2) is 56.0 Å². The number of para-hydroxylation sites is 1. The van der Waals surface area contributed by atoms with Gasteiger partial charge in [0.15, 0.2) is 0 Å². The summed E-state index contributed by atoms with van der Waals surface area (Å²) in [5, 5.41) is 5.93. The van der Waals surface area contributed by atoms with Crippen LogP contribution in [0.4, 0.5) is 10.5 Å². The number of hydrogen-bond donors (Lipinski definition) is 2. The lowest BCUT2D eigenvalue weighted by molar-refractivity contribution is -0.0704. The number of morpholine rings is 1. The van der Waals surface area contributed by atoms with Gasteiger partial charge in [-0.25, -0.2) is 4.79 Å². The largest absolute Gasteiger partial charge is 0.385 e. The molecule has 1 aliphatic rings. The molecule has 0 radical (unpaired) electrons. The molecule has 1 saturated heterocycles. The van der Waals surface area contributed by atoms with Crippen LogP contribution < -0.4 is 10.6 Å². The zero-order valence-electron chi connectivity index (χ0n) is 15.7. The molecule has 6 nitrogen and oxygen atoms in total. The topological polar surface area (TPSA) is 62.8 Å². The van der Waals surface area contributed by atoms with Crippen molar-refractivity contribution in [2.45, 2.75) is 52.0 Å². The van der Waals surface area contributed by atoms with Gasteiger partial charge in [-0.3, -0.25) is 4.90 Å². The van der Waals surface area contributed by atoms with Crippen molar-refractivity contribution < 1.29 is 14.3 Å². The highest BCUT2D eigenvalue weighted by Gasteiger charge is 2.22. The first-order valence-electron chi connectivity index (χ1n) is 9.00. The number of benzene rings is 1. The van der Waals surface area contributed by atoms with E-state index in [0.29, 0.717) is 6.61 Å². The second kappa shape index (κ2) is 9.75. The van der Waals surface area contributed by atoms with Crippen molar-refractivity contribution in [1.82, 2.24) is 10.2 Å². The Bertz CT molecular complexity index is 542. The zero-order chi connectivity index (χ0) is 18.2. The van der Waals surface area contributed by atoms with Crippen molar-refractivity contribution >= 4 is 11.7 Å². The Morgan fingerprint density at radius 2 is 2.00 bits per heavy atom. The summed E-state index contributed by atoms with van der Waals surface area (Å²) in [6.45, 7) is 9.40. The summed E-state index contributed by atoms with van der Waals surface area (Å²) in [5.74, 6) is 0. The fraction of sp³-hybridized carbons (Fsp3) is 0.632. The van der Waals surface area contributed by atoms with Gasteiger partial charge in [-0.05, 0) is 38.8 Å². The third-order valence-corrected chi connectivity index (χ3v) is 4.29. The minimum atomic E-state index is -0.181. The summed E-state index contributed by atoms with van der Waals surface area (Å²) in [5.41, 5.74) is 1.97. The quantitative estimate of drug-likeness (QED) is 0.795. The normalized spacial score (nSPS) is 22.4. The Morgan fingerprint density at radius 1 is 1.32 bits per heavy atom. The van der Waals surface area contributed by atoms with Gasteiger partial charge in [-0.15, -0.1) is 0 Å². The van der Waals surface area contributed by atoms with Gasteiger partial charge < -0.3 is 20.1 Å². The molecule has 1 fully saturated rings. The Kier molecular flexibility index (Phi) is 7.68. The van der Waals surface area contributed by atoms with Crippen LogP contribution in [0.5, 0.6) is 0 Å². The van der Waals surface area contributed by atoms with E-state index in [4.69, 9.17) is 9.47 Å². The lowest BCUT2D eigenvalue weighted by Crippen LogP contribution is -2.45. The molecule has 1 heterocycles. The van der Waals surface area contributed by atoms with Crippen LogP contribution in [0.1, 0.15) is 32.8 Å². The van der Waals surface area contributed by atoms with Crippen LogP contribution in [0.15, 0.2) is 24.3 Å². The zero-order valence-corrected chi connectivity index (χ0v) is 15.7. The van der Waals surface area contributed by atoms with Crippen molar-refractivity contribution in [2.75, 3.05) is 32.1 Å². The predicted molar refractivity (Wildman–Crippen MR) is 99.8 cm³/mol. The van der Waals surface area contributed by atoms with Crippen LogP contribution in [0.3, 0.4) is 0 Å². The monoisotopic (exact) mass is 349 g/mol. The van der Waals surface area contributed by atoms with E-state index in [1.807, 2.05) is 25.1 Å². The highest BCUT2D eigenvalue weighted by atomic mass is 16.5. The van der Waals surface area contributed by atoms with E-state index in [-0.39, 0.29) is 24.3 Å². The van der Waals surface area contributed by atoms with E-state index in [0.717, 1.165) is 37.3 Å². The van der Waals surface area contributed by atoms with Crippen molar-refractivity contribution in [1.29, 1.82) is 0 Å². The van der Waals surface area contributed by atoms with Crippen LogP contribution in [-0.2, 0) is 16.0 Å². The summed E-state index contributed by atoms with van der Waals surface area (Å²) >= 11 is 0. The Hall–Kier alpha value is -1.63. The molecule has 0 aromatic heterocycles. The van der Waals surface area contributed by atoms with Crippen molar-refractivity contribution in [3.63, 3.8) is 0 Å². The Balaban J connectivity index is 1.94. The molecule has 2 amide bonds. The summed E-state index contributed by atoms with van der Waals surface area (Å²) in [6.07, 6.45) is 1.25. The third-order valence-electron chi connectivity index (χ3n) is 4.29. The third kappa shape index (κ3) is 6.65. The van der Waals surface area contributed by atoms with E-state index < -0.39 is 0 Å². The molecule has 3 atom stereocenters. The Labute approximate surface area is 150 Å². The van der Waals surface area contributed by atoms with Gasteiger partial charge in [-0.1, -0.05) is 18.2 Å². The maximum absolute atomic E-state index is 12.2. The van der Waals surface area contributed by atoms with Gasteiger partial charge in [0.05, 0.1) is 12.2 Å². The maximum Gasteiger partial charge on any atom is 0.319 e. The highest BCUT2D eigenvalue weighted by molar-refractivity contribution is 5.90.